The van der Waals surface area contributed by atoms with Gasteiger partial charge in [-0.2, -0.15) is 0 Å². The number of hydrogen-bond donors (Lipinski definition) is 0. The molecule has 1 rings (SSSR count). The zero-order chi connectivity index (χ0) is 9.14. The third kappa shape index (κ3) is 1.81. The number of pyridine rings is 1. The Labute approximate surface area is 78.6 Å². The summed E-state index contributed by atoms with van der Waals surface area (Å²) in [6.45, 7) is 6.57. The summed E-state index contributed by atoms with van der Waals surface area (Å²) in [7, 11) is 0. The minimum Gasteiger partial charge on any atom is -0.250 e. The molecule has 1 heterocycles. The van der Waals surface area contributed by atoms with Crippen molar-refractivity contribution in [2.45, 2.75) is 31.7 Å². The first-order valence-electron chi connectivity index (χ1n) is 4.16. The number of hydrogen-bond acceptors (Lipinski definition) is 2. The molecule has 0 bridgehead atoms. The monoisotopic (exact) mass is 181 g/mol. The van der Waals surface area contributed by atoms with Crippen molar-refractivity contribution in [2.75, 3.05) is 6.26 Å². The van der Waals surface area contributed by atoms with Crippen molar-refractivity contribution in [2.24, 2.45) is 0 Å². The first-order chi connectivity index (χ1) is 5.66. The van der Waals surface area contributed by atoms with E-state index < -0.39 is 0 Å². The van der Waals surface area contributed by atoms with Crippen LogP contribution in [0.25, 0.3) is 0 Å². The average Bonchev–Trinajstić information content (AvgIpc) is 2.03. The summed E-state index contributed by atoms with van der Waals surface area (Å²) in [6, 6.07) is 2.08. The van der Waals surface area contributed by atoms with Gasteiger partial charge in [0.05, 0.1) is 5.03 Å². The molecule has 1 aromatic heterocycles. The van der Waals surface area contributed by atoms with Crippen molar-refractivity contribution in [1.82, 2.24) is 4.98 Å². The molecule has 1 nitrogen and oxygen atoms in total. The van der Waals surface area contributed by atoms with Crippen molar-refractivity contribution in [1.29, 1.82) is 0 Å². The Morgan fingerprint density at radius 2 is 2.08 bits per heavy atom. The van der Waals surface area contributed by atoms with Gasteiger partial charge in [0.15, 0.2) is 0 Å². The Kier molecular flexibility index (Phi) is 3.15. The van der Waals surface area contributed by atoms with E-state index in [1.807, 2.05) is 6.20 Å². The molecule has 66 valence electrons. The minimum atomic E-state index is 0.571. The molecule has 0 aliphatic heterocycles. The molecule has 1 aromatic rings. The van der Waals surface area contributed by atoms with Crippen LogP contribution >= 0.6 is 11.8 Å². The van der Waals surface area contributed by atoms with Crippen LogP contribution in [-0.2, 0) is 0 Å². The first-order valence-corrected chi connectivity index (χ1v) is 5.38. The highest BCUT2D eigenvalue weighted by Crippen LogP contribution is 2.27. The number of thioether (sulfide) groups is 1. The standard InChI is InChI=1S/C10H15NS/c1-7(2)9-8(3)5-6-11-10(9)12-4/h5-7H,1-4H3. The number of aryl methyl sites for hydroxylation is 1. The van der Waals surface area contributed by atoms with Gasteiger partial charge in [-0.3, -0.25) is 0 Å². The van der Waals surface area contributed by atoms with Crippen LogP contribution in [0.5, 0.6) is 0 Å². The fourth-order valence-corrected chi connectivity index (χ4v) is 2.19. The summed E-state index contributed by atoms with van der Waals surface area (Å²) in [4.78, 5) is 4.34. The third-order valence-electron chi connectivity index (χ3n) is 1.94. The predicted molar refractivity (Wildman–Crippen MR) is 54.8 cm³/mol. The van der Waals surface area contributed by atoms with Crippen LogP contribution in [0.1, 0.15) is 30.9 Å². The van der Waals surface area contributed by atoms with Gasteiger partial charge in [0.25, 0.3) is 0 Å². The van der Waals surface area contributed by atoms with Crippen molar-refractivity contribution >= 4 is 11.8 Å². The second-order valence-corrected chi connectivity index (χ2v) is 4.00. The van der Waals surface area contributed by atoms with E-state index in [2.05, 4.69) is 38.1 Å². The molecular formula is C10H15NS. The minimum absolute atomic E-state index is 0.571. The molecule has 0 spiro atoms. The lowest BCUT2D eigenvalue weighted by molar-refractivity contribution is 0.808. The smallest absolute Gasteiger partial charge is 0.0994 e. The lowest BCUT2D eigenvalue weighted by Gasteiger charge is -2.12. The van der Waals surface area contributed by atoms with E-state index in [9.17, 15) is 0 Å². The molecule has 0 saturated carbocycles. The Morgan fingerprint density at radius 1 is 1.42 bits per heavy atom. The van der Waals surface area contributed by atoms with Crippen molar-refractivity contribution in [3.8, 4) is 0 Å². The van der Waals surface area contributed by atoms with Crippen molar-refractivity contribution in [3.63, 3.8) is 0 Å². The quantitative estimate of drug-likeness (QED) is 0.650. The van der Waals surface area contributed by atoms with Gasteiger partial charge in [0, 0.05) is 6.20 Å². The molecule has 0 N–H and O–H groups in total. The van der Waals surface area contributed by atoms with Gasteiger partial charge >= 0.3 is 0 Å². The lowest BCUT2D eigenvalue weighted by atomic mass is 10.0. The highest BCUT2D eigenvalue weighted by molar-refractivity contribution is 7.98. The molecule has 0 amide bonds. The summed E-state index contributed by atoms with van der Waals surface area (Å²) >= 11 is 1.73. The van der Waals surface area contributed by atoms with Crippen LogP contribution in [0.4, 0.5) is 0 Å². The fourth-order valence-electron chi connectivity index (χ4n) is 1.41. The SMILES string of the molecule is CSc1nccc(C)c1C(C)C. The van der Waals surface area contributed by atoms with E-state index in [1.54, 1.807) is 11.8 Å². The zero-order valence-electron chi connectivity index (χ0n) is 8.09. The predicted octanol–water partition coefficient (Wildman–Crippen LogP) is 3.24. The Morgan fingerprint density at radius 3 is 2.50 bits per heavy atom. The highest BCUT2D eigenvalue weighted by atomic mass is 32.2. The topological polar surface area (TPSA) is 12.9 Å². The molecule has 2 heteroatoms. The van der Waals surface area contributed by atoms with E-state index in [0.29, 0.717) is 5.92 Å². The number of nitrogens with zero attached hydrogens (tertiary/aromatic N) is 1. The second-order valence-electron chi connectivity index (χ2n) is 3.21. The average molecular weight is 181 g/mol. The maximum absolute atomic E-state index is 4.34. The van der Waals surface area contributed by atoms with Gasteiger partial charge in [-0.15, -0.1) is 11.8 Å². The molecule has 0 aliphatic carbocycles. The number of rotatable bonds is 2. The van der Waals surface area contributed by atoms with Gasteiger partial charge in [-0.1, -0.05) is 13.8 Å². The molecule has 0 radical (unpaired) electrons. The van der Waals surface area contributed by atoms with Crippen molar-refractivity contribution < 1.29 is 0 Å². The lowest BCUT2D eigenvalue weighted by Crippen LogP contribution is -1.96. The van der Waals surface area contributed by atoms with Gasteiger partial charge in [-0.05, 0) is 36.3 Å². The van der Waals surface area contributed by atoms with E-state index in [0.717, 1.165) is 0 Å². The maximum atomic E-state index is 4.34. The molecule has 0 aromatic carbocycles. The van der Waals surface area contributed by atoms with Crippen LogP contribution in [0.15, 0.2) is 17.3 Å². The van der Waals surface area contributed by atoms with Gasteiger partial charge in [0.1, 0.15) is 0 Å². The second kappa shape index (κ2) is 3.94. The van der Waals surface area contributed by atoms with E-state index >= 15 is 0 Å². The van der Waals surface area contributed by atoms with Gasteiger partial charge in [0.2, 0.25) is 0 Å². The summed E-state index contributed by atoms with van der Waals surface area (Å²) < 4.78 is 0. The molecule has 0 saturated heterocycles. The highest BCUT2D eigenvalue weighted by Gasteiger charge is 2.08. The summed E-state index contributed by atoms with van der Waals surface area (Å²) in [5.74, 6) is 0.571. The molecule has 0 aliphatic rings. The van der Waals surface area contributed by atoms with Crippen molar-refractivity contribution in [3.05, 3.63) is 23.4 Å². The normalized spacial score (nSPS) is 10.8. The van der Waals surface area contributed by atoms with Gasteiger partial charge < -0.3 is 0 Å². The molecule has 0 atom stereocenters. The van der Waals surface area contributed by atoms with Crippen LogP contribution in [0, 0.1) is 6.92 Å². The Hall–Kier alpha value is -0.500. The Balaban J connectivity index is 3.20. The largest absolute Gasteiger partial charge is 0.250 e. The third-order valence-corrected chi connectivity index (χ3v) is 2.65. The van der Waals surface area contributed by atoms with E-state index in [1.165, 1.54) is 16.2 Å². The number of aromatic nitrogens is 1. The maximum Gasteiger partial charge on any atom is 0.0994 e. The molecule has 0 fully saturated rings. The molecule has 0 unspecified atom stereocenters. The summed E-state index contributed by atoms with van der Waals surface area (Å²) in [6.07, 6.45) is 3.96. The summed E-state index contributed by atoms with van der Waals surface area (Å²) in [5, 5.41) is 1.17. The van der Waals surface area contributed by atoms with Crippen LogP contribution in [0.2, 0.25) is 0 Å². The zero-order valence-corrected chi connectivity index (χ0v) is 8.90. The van der Waals surface area contributed by atoms with E-state index in [4.69, 9.17) is 0 Å². The fraction of sp³-hybridized carbons (Fsp3) is 0.500. The first kappa shape index (κ1) is 9.59. The summed E-state index contributed by atoms with van der Waals surface area (Å²) in [5.41, 5.74) is 2.74. The molecule has 12 heavy (non-hydrogen) atoms. The van der Waals surface area contributed by atoms with Crippen LogP contribution in [-0.4, -0.2) is 11.2 Å². The van der Waals surface area contributed by atoms with Crippen LogP contribution < -0.4 is 0 Å². The van der Waals surface area contributed by atoms with E-state index in [-0.39, 0.29) is 0 Å². The Bertz CT molecular complexity index is 269. The van der Waals surface area contributed by atoms with Crippen LogP contribution in [0.3, 0.4) is 0 Å². The molecular weight excluding hydrogens is 166 g/mol. The van der Waals surface area contributed by atoms with Gasteiger partial charge in [-0.25, -0.2) is 4.98 Å².